The largest absolute Gasteiger partial charge is 0.357 e. The van der Waals surface area contributed by atoms with E-state index in [0.717, 1.165) is 12.0 Å². The van der Waals surface area contributed by atoms with Crippen LogP contribution in [0.15, 0.2) is 24.3 Å². The monoisotopic (exact) mass is 306 g/mol. The Kier molecular flexibility index (Phi) is 4.54. The highest BCUT2D eigenvalue weighted by molar-refractivity contribution is 5.90. The Morgan fingerprint density at radius 3 is 2.32 bits per heavy atom. The van der Waals surface area contributed by atoms with Gasteiger partial charge in [-0.3, -0.25) is 9.59 Å². The average molecular weight is 306 g/mol. The highest BCUT2D eigenvalue weighted by atomic mass is 19.1. The molecule has 1 aliphatic carbocycles. The zero-order chi connectivity index (χ0) is 16.5. The van der Waals surface area contributed by atoms with Crippen LogP contribution in [0.1, 0.15) is 38.7 Å². The Balaban J connectivity index is 2.01. The first kappa shape index (κ1) is 16.5. The van der Waals surface area contributed by atoms with Gasteiger partial charge in [-0.05, 0) is 35.4 Å². The number of hydrogen-bond donors (Lipinski definition) is 2. The van der Waals surface area contributed by atoms with Gasteiger partial charge in [0.25, 0.3) is 0 Å². The molecule has 22 heavy (non-hydrogen) atoms. The molecule has 0 spiro atoms. The second-order valence-corrected chi connectivity index (χ2v) is 6.92. The van der Waals surface area contributed by atoms with Crippen LogP contribution >= 0.6 is 0 Å². The molecular formula is C17H23FN2O2. The van der Waals surface area contributed by atoms with E-state index >= 15 is 0 Å². The number of carbonyl (C=O) groups excluding carboxylic acids is 2. The highest BCUT2D eigenvalue weighted by Gasteiger charge is 2.45. The predicted octanol–water partition coefficient (Wildman–Crippen LogP) is 2.21. The molecule has 0 radical (unpaired) electrons. The minimum Gasteiger partial charge on any atom is -0.357 e. The maximum Gasteiger partial charge on any atom is 0.242 e. The van der Waals surface area contributed by atoms with E-state index in [1.807, 2.05) is 20.8 Å². The smallest absolute Gasteiger partial charge is 0.242 e. The van der Waals surface area contributed by atoms with E-state index in [0.29, 0.717) is 0 Å². The molecule has 1 aliphatic rings. The molecule has 0 saturated heterocycles. The summed E-state index contributed by atoms with van der Waals surface area (Å²) in [5.74, 6) is -0.610. The zero-order valence-electron chi connectivity index (χ0n) is 13.4. The summed E-state index contributed by atoms with van der Waals surface area (Å²) in [4.78, 5) is 24.3. The van der Waals surface area contributed by atoms with E-state index in [1.165, 1.54) is 12.1 Å². The molecule has 2 N–H and O–H groups in total. The molecule has 5 heteroatoms. The molecule has 1 aromatic rings. The van der Waals surface area contributed by atoms with E-state index in [4.69, 9.17) is 0 Å². The summed E-state index contributed by atoms with van der Waals surface area (Å²) in [6, 6.07) is 5.68. The van der Waals surface area contributed by atoms with Crippen molar-refractivity contribution in [2.45, 2.75) is 39.2 Å². The van der Waals surface area contributed by atoms with Gasteiger partial charge in [0.1, 0.15) is 11.9 Å². The van der Waals surface area contributed by atoms with Gasteiger partial charge in [-0.25, -0.2) is 4.39 Å². The van der Waals surface area contributed by atoms with Crippen LogP contribution in [-0.4, -0.2) is 24.9 Å². The van der Waals surface area contributed by atoms with Crippen molar-refractivity contribution in [3.05, 3.63) is 35.6 Å². The topological polar surface area (TPSA) is 58.2 Å². The van der Waals surface area contributed by atoms with Gasteiger partial charge < -0.3 is 10.6 Å². The second-order valence-electron chi connectivity index (χ2n) is 6.92. The Morgan fingerprint density at radius 2 is 1.82 bits per heavy atom. The van der Waals surface area contributed by atoms with Gasteiger partial charge in [-0.15, -0.1) is 0 Å². The fourth-order valence-electron chi connectivity index (χ4n) is 2.63. The van der Waals surface area contributed by atoms with Crippen molar-refractivity contribution in [1.82, 2.24) is 10.6 Å². The highest BCUT2D eigenvalue weighted by Crippen LogP contribution is 2.47. The van der Waals surface area contributed by atoms with Crippen LogP contribution in [0.3, 0.4) is 0 Å². The molecule has 3 atom stereocenters. The van der Waals surface area contributed by atoms with Gasteiger partial charge in [0.05, 0.1) is 0 Å². The first-order valence-corrected chi connectivity index (χ1v) is 7.51. The summed E-state index contributed by atoms with van der Waals surface area (Å²) in [5.41, 5.74) is 0.601. The Bertz CT molecular complexity index is 563. The predicted molar refractivity (Wildman–Crippen MR) is 82.7 cm³/mol. The Labute approximate surface area is 130 Å². The van der Waals surface area contributed by atoms with Gasteiger partial charge in [0.15, 0.2) is 0 Å². The van der Waals surface area contributed by atoms with E-state index in [9.17, 15) is 14.0 Å². The van der Waals surface area contributed by atoms with Gasteiger partial charge >= 0.3 is 0 Å². The zero-order valence-corrected chi connectivity index (χ0v) is 13.4. The number of carbonyl (C=O) groups is 2. The first-order chi connectivity index (χ1) is 10.2. The van der Waals surface area contributed by atoms with Gasteiger partial charge in [-0.2, -0.15) is 0 Å². The normalized spacial score (nSPS) is 21.9. The summed E-state index contributed by atoms with van der Waals surface area (Å²) < 4.78 is 12.9. The van der Waals surface area contributed by atoms with E-state index in [-0.39, 0.29) is 34.9 Å². The number of likely N-dealkylation sites (N-methyl/N-ethyl adjacent to an activating group) is 1. The molecule has 2 unspecified atom stereocenters. The van der Waals surface area contributed by atoms with Gasteiger partial charge in [0.2, 0.25) is 11.8 Å². The SMILES string of the molecule is CNC(=O)C(NC(=O)C1C[C@H]1c1ccc(F)cc1)C(C)(C)C. The molecular weight excluding hydrogens is 283 g/mol. The summed E-state index contributed by atoms with van der Waals surface area (Å²) in [6.07, 6.45) is 0.738. The van der Waals surface area contributed by atoms with Crippen molar-refractivity contribution >= 4 is 11.8 Å². The maximum atomic E-state index is 12.9. The molecule has 2 amide bonds. The number of nitrogens with one attached hydrogen (secondary N) is 2. The third kappa shape index (κ3) is 3.64. The van der Waals surface area contributed by atoms with Crippen LogP contribution < -0.4 is 10.6 Å². The van der Waals surface area contributed by atoms with E-state index in [1.54, 1.807) is 19.2 Å². The van der Waals surface area contributed by atoms with Crippen LogP contribution in [0.2, 0.25) is 0 Å². The number of rotatable bonds is 4. The van der Waals surface area contributed by atoms with E-state index in [2.05, 4.69) is 10.6 Å². The molecule has 1 saturated carbocycles. The minimum atomic E-state index is -0.570. The number of hydrogen-bond acceptors (Lipinski definition) is 2. The molecule has 0 heterocycles. The summed E-state index contributed by atoms with van der Waals surface area (Å²) in [6.45, 7) is 5.74. The summed E-state index contributed by atoms with van der Waals surface area (Å²) >= 11 is 0. The molecule has 0 bridgehead atoms. The second kappa shape index (κ2) is 6.07. The van der Waals surface area contributed by atoms with E-state index < -0.39 is 6.04 Å². The average Bonchev–Trinajstić information content (AvgIpc) is 3.23. The van der Waals surface area contributed by atoms with Crippen molar-refractivity contribution in [2.24, 2.45) is 11.3 Å². The quantitative estimate of drug-likeness (QED) is 0.896. The Morgan fingerprint density at radius 1 is 1.23 bits per heavy atom. The Hall–Kier alpha value is -1.91. The maximum absolute atomic E-state index is 12.9. The molecule has 4 nitrogen and oxygen atoms in total. The molecule has 2 rings (SSSR count). The van der Waals surface area contributed by atoms with Gasteiger partial charge in [-0.1, -0.05) is 32.9 Å². The molecule has 120 valence electrons. The lowest BCUT2D eigenvalue weighted by Crippen LogP contribution is -2.53. The molecule has 0 aliphatic heterocycles. The van der Waals surface area contributed by atoms with Crippen molar-refractivity contribution in [3.63, 3.8) is 0 Å². The van der Waals surface area contributed by atoms with Gasteiger partial charge in [0, 0.05) is 13.0 Å². The first-order valence-electron chi connectivity index (χ1n) is 7.51. The van der Waals surface area contributed by atoms with Crippen molar-refractivity contribution in [2.75, 3.05) is 7.05 Å². The van der Waals surface area contributed by atoms with Crippen LogP contribution in [-0.2, 0) is 9.59 Å². The summed E-state index contributed by atoms with van der Waals surface area (Å²) in [7, 11) is 1.56. The van der Waals surface area contributed by atoms with Crippen LogP contribution in [0.5, 0.6) is 0 Å². The lowest BCUT2D eigenvalue weighted by atomic mass is 9.86. The number of halogens is 1. The number of amides is 2. The van der Waals surface area contributed by atoms with Crippen molar-refractivity contribution in [3.8, 4) is 0 Å². The molecule has 1 aromatic carbocycles. The summed E-state index contributed by atoms with van der Waals surface area (Å²) in [5, 5.41) is 5.45. The number of benzene rings is 1. The third-order valence-electron chi connectivity index (χ3n) is 4.09. The van der Waals surface area contributed by atoms with Crippen molar-refractivity contribution < 1.29 is 14.0 Å². The van der Waals surface area contributed by atoms with Crippen molar-refractivity contribution in [1.29, 1.82) is 0 Å². The van der Waals surface area contributed by atoms with Crippen LogP contribution in [0.4, 0.5) is 4.39 Å². The molecule has 0 aromatic heterocycles. The third-order valence-corrected chi connectivity index (χ3v) is 4.09. The lowest BCUT2D eigenvalue weighted by Gasteiger charge is -2.30. The van der Waals surface area contributed by atoms with Crippen LogP contribution in [0, 0.1) is 17.2 Å². The standard InChI is InChI=1S/C17H23FN2O2/c1-17(2,3)14(16(22)19-4)20-15(21)13-9-12(13)10-5-7-11(18)8-6-10/h5-8,12-14H,9H2,1-4H3,(H,19,22)(H,20,21)/t12-,13?,14?/m0/s1. The van der Waals surface area contributed by atoms with Crippen LogP contribution in [0.25, 0.3) is 0 Å². The molecule has 1 fully saturated rings. The fourth-order valence-corrected chi connectivity index (χ4v) is 2.63. The fraction of sp³-hybridized carbons (Fsp3) is 0.529. The minimum absolute atomic E-state index is 0.113. The lowest BCUT2D eigenvalue weighted by molar-refractivity contribution is -0.131.